The van der Waals surface area contributed by atoms with E-state index < -0.39 is 0 Å². The van der Waals surface area contributed by atoms with Crippen LogP contribution in [0.2, 0.25) is 0 Å². The number of nitrogens with one attached hydrogen (secondary N) is 1. The Morgan fingerprint density at radius 2 is 1.94 bits per heavy atom. The van der Waals surface area contributed by atoms with Gasteiger partial charge in [0.05, 0.1) is 10.9 Å². The summed E-state index contributed by atoms with van der Waals surface area (Å²) in [4.78, 5) is 4.43. The molecule has 1 aliphatic heterocycles. The Balaban J connectivity index is 2.28. The van der Waals surface area contributed by atoms with E-state index in [4.69, 9.17) is 0 Å². The van der Waals surface area contributed by atoms with Crippen LogP contribution < -0.4 is 15.5 Å². The van der Waals surface area contributed by atoms with Crippen molar-refractivity contribution in [1.29, 1.82) is 0 Å². The van der Waals surface area contributed by atoms with E-state index in [0.717, 1.165) is 33.0 Å². The van der Waals surface area contributed by atoms with E-state index in [1.54, 1.807) is 0 Å². The van der Waals surface area contributed by atoms with Gasteiger partial charge in [0.25, 0.3) is 0 Å². The largest absolute Gasteiger partial charge is 0.629 e. The van der Waals surface area contributed by atoms with Crippen LogP contribution in [0.1, 0.15) is 5.56 Å². The molecule has 3 heteroatoms. The van der Waals surface area contributed by atoms with Crippen molar-refractivity contribution in [2.45, 2.75) is 0 Å². The van der Waals surface area contributed by atoms with Gasteiger partial charge in [-0.15, -0.1) is 0 Å². The second-order valence-electron chi connectivity index (χ2n) is 4.38. The molecule has 0 saturated carbocycles. The van der Waals surface area contributed by atoms with Crippen molar-refractivity contribution in [1.82, 2.24) is 4.98 Å². The van der Waals surface area contributed by atoms with Crippen LogP contribution in [0.5, 0.6) is 0 Å². The van der Waals surface area contributed by atoms with Crippen molar-refractivity contribution in [2.24, 2.45) is 0 Å². The van der Waals surface area contributed by atoms with Gasteiger partial charge >= 0.3 is 0 Å². The lowest BCUT2D eigenvalue weighted by Crippen LogP contribution is -3.06. The number of fused-ring (bicyclic) bond motifs is 3. The number of pyridine rings is 1. The zero-order valence-electron chi connectivity index (χ0n) is 9.10. The third-order valence-corrected chi connectivity index (χ3v) is 3.47. The van der Waals surface area contributed by atoms with E-state index in [1.165, 1.54) is 0 Å². The van der Waals surface area contributed by atoms with Crippen molar-refractivity contribution < 1.29 is 5.06 Å². The van der Waals surface area contributed by atoms with Gasteiger partial charge in [-0.25, -0.2) is 0 Å². The molecule has 4 rings (SSSR count). The van der Waals surface area contributed by atoms with E-state index in [2.05, 4.69) is 4.98 Å². The highest BCUT2D eigenvalue weighted by atomic mass is 16.5. The molecule has 1 unspecified atom stereocenters. The normalized spacial score (nSPS) is 19.6. The summed E-state index contributed by atoms with van der Waals surface area (Å²) in [7, 11) is 0. The van der Waals surface area contributed by atoms with E-state index in [9.17, 15) is 5.21 Å². The van der Waals surface area contributed by atoms with Gasteiger partial charge in [-0.2, -0.15) is 0 Å². The Kier molecular flexibility index (Phi) is 1.62. The summed E-state index contributed by atoms with van der Waals surface area (Å²) in [5, 5.41) is 14.5. The molecule has 3 nitrogen and oxygen atoms in total. The van der Waals surface area contributed by atoms with Gasteiger partial charge in [-0.3, -0.25) is 4.98 Å². The fraction of sp³-hybridized carbons (Fsp3) is 0.0714. The minimum absolute atomic E-state index is 0.205. The van der Waals surface area contributed by atoms with Gasteiger partial charge in [-0.1, -0.05) is 18.2 Å². The minimum Gasteiger partial charge on any atom is -0.629 e. The second-order valence-corrected chi connectivity index (χ2v) is 4.38. The molecule has 1 atom stereocenters. The highest BCUT2D eigenvalue weighted by molar-refractivity contribution is 5.85. The maximum Gasteiger partial charge on any atom is 0.149 e. The first-order valence-corrected chi connectivity index (χ1v) is 5.69. The number of nitrogens with zero attached hydrogens (tertiary/aromatic N) is 1. The fourth-order valence-corrected chi connectivity index (χ4v) is 2.75. The van der Waals surface area contributed by atoms with E-state index in [0.29, 0.717) is 6.54 Å². The Labute approximate surface area is 97.9 Å². The quantitative estimate of drug-likeness (QED) is 0.604. The number of quaternary nitrogens is 1. The molecular weight excluding hydrogens is 212 g/mol. The molecule has 2 heterocycles. The molecule has 82 valence electrons. The van der Waals surface area contributed by atoms with Gasteiger partial charge in [0.15, 0.2) is 0 Å². The third kappa shape index (κ3) is 1.05. The second kappa shape index (κ2) is 3.03. The Hall–Kier alpha value is -1.97. The van der Waals surface area contributed by atoms with Crippen LogP contribution in [0.3, 0.4) is 0 Å². The van der Waals surface area contributed by atoms with Crippen LogP contribution in [0.15, 0.2) is 36.5 Å². The maximum atomic E-state index is 12.1. The summed E-state index contributed by atoms with van der Waals surface area (Å²) in [6.45, 7) is 0.500. The molecule has 0 spiro atoms. The van der Waals surface area contributed by atoms with Gasteiger partial charge in [-0.05, 0) is 23.4 Å². The molecule has 0 bridgehead atoms. The van der Waals surface area contributed by atoms with Crippen LogP contribution in [-0.2, 0) is 0 Å². The molecule has 2 aliphatic rings. The molecule has 1 N–H and O–H groups in total. The lowest BCUT2D eigenvalue weighted by molar-refractivity contribution is -0.759. The molecule has 0 fully saturated rings. The van der Waals surface area contributed by atoms with Crippen LogP contribution in [0.25, 0.3) is 23.0 Å². The Bertz CT molecular complexity index is 749. The van der Waals surface area contributed by atoms with Gasteiger partial charge < -0.3 is 10.3 Å². The van der Waals surface area contributed by atoms with E-state index in [-0.39, 0.29) is 5.06 Å². The highest BCUT2D eigenvalue weighted by Gasteiger charge is 2.27. The van der Waals surface area contributed by atoms with E-state index >= 15 is 0 Å². The third-order valence-electron chi connectivity index (χ3n) is 3.47. The molecule has 17 heavy (non-hydrogen) atoms. The zero-order chi connectivity index (χ0) is 11.4. The predicted octanol–water partition coefficient (Wildman–Crippen LogP) is -0.605. The summed E-state index contributed by atoms with van der Waals surface area (Å²) in [5.41, 5.74) is 3.95. The molecule has 0 amide bonds. The van der Waals surface area contributed by atoms with Crippen molar-refractivity contribution in [3.8, 4) is 11.3 Å². The highest BCUT2D eigenvalue weighted by Crippen LogP contribution is 2.26. The SMILES string of the molecule is [O-][NH+]1CC=c2ccnc3c2=C1c1ccccc1-3. The summed E-state index contributed by atoms with van der Waals surface area (Å²) >= 11 is 0. The number of hydrogen-bond donors (Lipinski definition) is 1. The monoisotopic (exact) mass is 222 g/mol. The smallest absolute Gasteiger partial charge is 0.149 e. The van der Waals surface area contributed by atoms with Gasteiger partial charge in [0.1, 0.15) is 12.2 Å². The van der Waals surface area contributed by atoms with Gasteiger partial charge in [0, 0.05) is 17.3 Å². The average molecular weight is 222 g/mol. The predicted molar refractivity (Wildman–Crippen MR) is 65.1 cm³/mol. The first-order chi connectivity index (χ1) is 8.36. The number of benzene rings is 1. The number of hydrogen-bond acceptors (Lipinski definition) is 2. The summed E-state index contributed by atoms with van der Waals surface area (Å²) in [6, 6.07) is 10.0. The van der Waals surface area contributed by atoms with Crippen molar-refractivity contribution in [3.63, 3.8) is 0 Å². The summed E-state index contributed by atoms with van der Waals surface area (Å²) in [5.74, 6) is 0. The molecular formula is C14H10N2O. The maximum absolute atomic E-state index is 12.1. The lowest BCUT2D eigenvalue weighted by atomic mass is 10.1. The fourth-order valence-electron chi connectivity index (χ4n) is 2.75. The average Bonchev–Trinajstić information content (AvgIpc) is 2.71. The molecule has 1 aromatic heterocycles. The molecule has 2 aromatic rings. The number of rotatable bonds is 0. The molecule has 0 saturated heterocycles. The van der Waals surface area contributed by atoms with Crippen LogP contribution in [0, 0.1) is 5.21 Å². The Morgan fingerprint density at radius 3 is 2.82 bits per heavy atom. The van der Waals surface area contributed by atoms with Crippen molar-refractivity contribution in [3.05, 3.63) is 57.7 Å². The van der Waals surface area contributed by atoms with Gasteiger partial charge in [0.2, 0.25) is 0 Å². The zero-order valence-corrected chi connectivity index (χ0v) is 9.10. The Morgan fingerprint density at radius 1 is 1.12 bits per heavy atom. The topological polar surface area (TPSA) is 40.4 Å². The first-order valence-electron chi connectivity index (χ1n) is 5.69. The van der Waals surface area contributed by atoms with Crippen molar-refractivity contribution in [2.75, 3.05) is 6.54 Å². The summed E-state index contributed by atoms with van der Waals surface area (Å²) < 4.78 is 0. The van der Waals surface area contributed by atoms with Crippen LogP contribution in [0.4, 0.5) is 0 Å². The summed E-state index contributed by atoms with van der Waals surface area (Å²) in [6.07, 6.45) is 3.82. The minimum atomic E-state index is 0.205. The van der Waals surface area contributed by atoms with Crippen LogP contribution in [-0.4, -0.2) is 11.5 Å². The number of hydroxylamine groups is 2. The molecule has 1 aromatic carbocycles. The van der Waals surface area contributed by atoms with Crippen LogP contribution >= 0.6 is 0 Å². The number of aromatic nitrogens is 1. The lowest BCUT2D eigenvalue weighted by Gasteiger charge is -2.24. The standard InChI is InChI=1S/C14H10N2O/c17-16-8-6-9-5-7-15-13-10-3-1-2-4-11(10)14(16)12(9)13/h1-7,16H,8H2. The van der Waals surface area contributed by atoms with Crippen molar-refractivity contribution >= 4 is 11.8 Å². The molecule has 1 aliphatic carbocycles. The first kappa shape index (κ1) is 9.10. The van der Waals surface area contributed by atoms with E-state index in [1.807, 2.05) is 42.6 Å². The molecule has 0 radical (unpaired) electrons.